The van der Waals surface area contributed by atoms with Gasteiger partial charge in [-0.3, -0.25) is 4.79 Å². The van der Waals surface area contributed by atoms with Crippen molar-refractivity contribution < 1.29 is 15.0 Å². The molecule has 2 aromatic rings. The third-order valence-corrected chi connectivity index (χ3v) is 2.71. The van der Waals surface area contributed by atoms with E-state index in [0.29, 0.717) is 11.4 Å². The van der Waals surface area contributed by atoms with E-state index in [9.17, 15) is 15.0 Å². The van der Waals surface area contributed by atoms with Crippen LogP contribution in [0.4, 0.5) is 11.4 Å². The highest BCUT2D eigenvalue weighted by atomic mass is 16.3. The van der Waals surface area contributed by atoms with Gasteiger partial charge >= 0.3 is 0 Å². The van der Waals surface area contributed by atoms with Gasteiger partial charge in [-0.05, 0) is 30.3 Å². The highest BCUT2D eigenvalue weighted by Gasteiger charge is 2.15. The summed E-state index contributed by atoms with van der Waals surface area (Å²) in [6, 6.07) is 10.6. The smallest absolute Gasteiger partial charge is 0.258 e. The minimum Gasteiger partial charge on any atom is -0.508 e. The van der Waals surface area contributed by atoms with Crippen molar-refractivity contribution in [3.63, 3.8) is 0 Å². The standard InChI is InChI=1S/C14H14N2O3/c1-16(11-4-2-3-10(15)7-11)14(19)9-5-12(17)8-13(18)6-9/h2-8,17-18H,15H2,1H3. The van der Waals surface area contributed by atoms with Crippen LogP contribution in [0.1, 0.15) is 10.4 Å². The van der Waals surface area contributed by atoms with Crippen molar-refractivity contribution >= 4 is 17.3 Å². The Hall–Kier alpha value is -2.69. The average Bonchev–Trinajstić information content (AvgIpc) is 2.36. The van der Waals surface area contributed by atoms with Gasteiger partial charge in [0.05, 0.1) is 0 Å². The molecular weight excluding hydrogens is 244 g/mol. The van der Waals surface area contributed by atoms with Crippen molar-refractivity contribution in [3.05, 3.63) is 48.0 Å². The SMILES string of the molecule is CN(C(=O)c1cc(O)cc(O)c1)c1cccc(N)c1. The fourth-order valence-electron chi connectivity index (χ4n) is 1.76. The molecule has 98 valence electrons. The zero-order valence-electron chi connectivity index (χ0n) is 10.4. The number of phenolic OH excluding ortho intramolecular Hbond substituents is 2. The highest BCUT2D eigenvalue weighted by Crippen LogP contribution is 2.23. The van der Waals surface area contributed by atoms with E-state index in [-0.39, 0.29) is 23.0 Å². The second-order valence-corrected chi connectivity index (χ2v) is 4.20. The highest BCUT2D eigenvalue weighted by molar-refractivity contribution is 6.06. The Labute approximate surface area is 110 Å². The Morgan fingerprint density at radius 2 is 1.74 bits per heavy atom. The first-order valence-corrected chi connectivity index (χ1v) is 5.64. The second-order valence-electron chi connectivity index (χ2n) is 4.20. The van der Waals surface area contributed by atoms with Crippen LogP contribution in [0.15, 0.2) is 42.5 Å². The lowest BCUT2D eigenvalue weighted by Crippen LogP contribution is -2.26. The summed E-state index contributed by atoms with van der Waals surface area (Å²) in [5, 5.41) is 18.8. The number of amides is 1. The molecular formula is C14H14N2O3. The monoisotopic (exact) mass is 258 g/mol. The fourth-order valence-corrected chi connectivity index (χ4v) is 1.76. The molecule has 0 saturated carbocycles. The summed E-state index contributed by atoms with van der Waals surface area (Å²) in [5.74, 6) is -0.676. The third kappa shape index (κ3) is 2.77. The summed E-state index contributed by atoms with van der Waals surface area (Å²) in [6.07, 6.45) is 0. The molecule has 5 nitrogen and oxygen atoms in total. The average molecular weight is 258 g/mol. The molecule has 0 radical (unpaired) electrons. The lowest BCUT2D eigenvalue weighted by atomic mass is 10.1. The minimum absolute atomic E-state index is 0.163. The normalized spacial score (nSPS) is 10.2. The van der Waals surface area contributed by atoms with Crippen LogP contribution in [0.25, 0.3) is 0 Å². The molecule has 4 N–H and O–H groups in total. The lowest BCUT2D eigenvalue weighted by molar-refractivity contribution is 0.0992. The summed E-state index contributed by atoms with van der Waals surface area (Å²) < 4.78 is 0. The molecule has 2 aromatic carbocycles. The number of aromatic hydroxyl groups is 2. The zero-order valence-corrected chi connectivity index (χ0v) is 10.4. The topological polar surface area (TPSA) is 86.8 Å². The Kier molecular flexibility index (Phi) is 3.29. The number of benzene rings is 2. The van der Waals surface area contributed by atoms with Crippen molar-refractivity contribution in [1.82, 2.24) is 0 Å². The molecule has 0 aromatic heterocycles. The van der Waals surface area contributed by atoms with Gasteiger partial charge in [0.25, 0.3) is 5.91 Å². The van der Waals surface area contributed by atoms with Crippen LogP contribution in [0.3, 0.4) is 0 Å². The van der Waals surface area contributed by atoms with Crippen LogP contribution in [-0.2, 0) is 0 Å². The van der Waals surface area contributed by atoms with Crippen LogP contribution in [-0.4, -0.2) is 23.2 Å². The van der Waals surface area contributed by atoms with Crippen molar-refractivity contribution in [2.45, 2.75) is 0 Å². The molecule has 0 atom stereocenters. The number of carbonyl (C=O) groups excluding carboxylic acids is 1. The number of nitrogen functional groups attached to an aromatic ring is 1. The van der Waals surface area contributed by atoms with Crippen molar-refractivity contribution in [2.75, 3.05) is 17.7 Å². The first kappa shape index (κ1) is 12.8. The molecule has 19 heavy (non-hydrogen) atoms. The molecule has 0 bridgehead atoms. The second kappa shape index (κ2) is 4.89. The van der Waals surface area contributed by atoms with E-state index in [1.54, 1.807) is 31.3 Å². The van der Waals surface area contributed by atoms with Gasteiger partial charge in [0.1, 0.15) is 11.5 Å². The van der Waals surface area contributed by atoms with E-state index >= 15 is 0 Å². The predicted octanol–water partition coefficient (Wildman–Crippen LogP) is 1.96. The van der Waals surface area contributed by atoms with Gasteiger partial charge in [0.2, 0.25) is 0 Å². The molecule has 0 aliphatic rings. The fraction of sp³-hybridized carbons (Fsp3) is 0.0714. The molecule has 2 rings (SSSR count). The summed E-state index contributed by atoms with van der Waals surface area (Å²) in [5.41, 5.74) is 7.05. The summed E-state index contributed by atoms with van der Waals surface area (Å²) in [6.45, 7) is 0. The quantitative estimate of drug-likeness (QED) is 0.718. The summed E-state index contributed by atoms with van der Waals surface area (Å²) in [4.78, 5) is 13.6. The van der Waals surface area contributed by atoms with E-state index in [2.05, 4.69) is 0 Å². The number of phenols is 2. The van der Waals surface area contributed by atoms with Crippen LogP contribution >= 0.6 is 0 Å². The van der Waals surface area contributed by atoms with E-state index in [4.69, 9.17) is 5.73 Å². The largest absolute Gasteiger partial charge is 0.508 e. The summed E-state index contributed by atoms with van der Waals surface area (Å²) in [7, 11) is 1.60. The van der Waals surface area contributed by atoms with E-state index in [1.807, 2.05) is 0 Å². The maximum atomic E-state index is 12.2. The van der Waals surface area contributed by atoms with Gasteiger partial charge in [0.15, 0.2) is 0 Å². The van der Waals surface area contributed by atoms with Crippen molar-refractivity contribution in [2.24, 2.45) is 0 Å². The first-order chi connectivity index (χ1) is 8.97. The van der Waals surface area contributed by atoms with Crippen LogP contribution in [0.2, 0.25) is 0 Å². The number of nitrogens with zero attached hydrogens (tertiary/aromatic N) is 1. The number of hydrogen-bond acceptors (Lipinski definition) is 4. The van der Waals surface area contributed by atoms with Gasteiger partial charge in [-0.15, -0.1) is 0 Å². The molecule has 5 heteroatoms. The molecule has 0 fully saturated rings. The maximum absolute atomic E-state index is 12.2. The van der Waals surface area contributed by atoms with Crippen LogP contribution < -0.4 is 10.6 Å². The molecule has 0 saturated heterocycles. The zero-order chi connectivity index (χ0) is 14.0. The summed E-state index contributed by atoms with van der Waals surface area (Å²) >= 11 is 0. The van der Waals surface area contributed by atoms with Crippen molar-refractivity contribution in [3.8, 4) is 11.5 Å². The Balaban J connectivity index is 2.33. The van der Waals surface area contributed by atoms with E-state index < -0.39 is 0 Å². The minimum atomic E-state index is -0.350. The Bertz CT molecular complexity index is 606. The van der Waals surface area contributed by atoms with Crippen molar-refractivity contribution in [1.29, 1.82) is 0 Å². The number of carbonyl (C=O) groups is 1. The Morgan fingerprint density at radius 1 is 1.11 bits per heavy atom. The van der Waals surface area contributed by atoms with Gasteiger partial charge < -0.3 is 20.8 Å². The van der Waals surface area contributed by atoms with Crippen LogP contribution in [0.5, 0.6) is 11.5 Å². The molecule has 0 heterocycles. The van der Waals surface area contributed by atoms with Gasteiger partial charge in [0, 0.05) is 30.1 Å². The van der Waals surface area contributed by atoms with Gasteiger partial charge in [-0.2, -0.15) is 0 Å². The molecule has 1 amide bonds. The Morgan fingerprint density at radius 3 is 2.32 bits per heavy atom. The molecule has 0 aliphatic heterocycles. The molecule has 0 aliphatic carbocycles. The molecule has 0 spiro atoms. The maximum Gasteiger partial charge on any atom is 0.258 e. The molecule has 0 unspecified atom stereocenters. The van der Waals surface area contributed by atoms with Crippen LogP contribution in [0, 0.1) is 0 Å². The first-order valence-electron chi connectivity index (χ1n) is 5.64. The predicted molar refractivity (Wildman–Crippen MR) is 73.4 cm³/mol. The van der Waals surface area contributed by atoms with E-state index in [0.717, 1.165) is 6.07 Å². The third-order valence-electron chi connectivity index (χ3n) is 2.71. The number of anilines is 2. The van der Waals surface area contributed by atoms with Gasteiger partial charge in [-0.1, -0.05) is 6.07 Å². The lowest BCUT2D eigenvalue weighted by Gasteiger charge is -2.18. The number of nitrogens with two attached hydrogens (primary N) is 1. The number of rotatable bonds is 2. The van der Waals surface area contributed by atoms with Gasteiger partial charge in [-0.25, -0.2) is 0 Å². The number of hydrogen-bond donors (Lipinski definition) is 3. The van der Waals surface area contributed by atoms with E-state index in [1.165, 1.54) is 17.0 Å².